The molecule has 0 spiro atoms. The number of carbonyl (C=O) groups excluding carboxylic acids is 1. The molecular weight excluding hydrogens is 180 g/mol. The van der Waals surface area contributed by atoms with Gasteiger partial charge >= 0.3 is 0 Å². The number of hydrogen-bond acceptors (Lipinski definition) is 2. The maximum absolute atomic E-state index is 10.8. The molecule has 0 bridgehead atoms. The number of carbonyl (C=O) groups is 1. The van der Waals surface area contributed by atoms with Gasteiger partial charge in [-0.25, -0.2) is 4.21 Å². The number of primary amides is 1. The molecule has 1 amide bonds. The zero-order chi connectivity index (χ0) is 9.89. The van der Waals surface area contributed by atoms with Crippen LogP contribution in [0.3, 0.4) is 0 Å². The van der Waals surface area contributed by atoms with Crippen LogP contribution in [0.1, 0.15) is 13.8 Å². The van der Waals surface area contributed by atoms with Gasteiger partial charge in [0.05, 0.1) is 0 Å². The molecule has 3 N–H and O–H groups in total. The summed E-state index contributed by atoms with van der Waals surface area (Å²) in [5.41, 5.74) is 5.05. The molecule has 6 heteroatoms. The first-order chi connectivity index (χ1) is 5.37. The third-order valence-electron chi connectivity index (χ3n) is 1.56. The van der Waals surface area contributed by atoms with Crippen LogP contribution >= 0.6 is 0 Å². The lowest BCUT2D eigenvalue weighted by atomic mass is 10.0. The van der Waals surface area contributed by atoms with E-state index < -0.39 is 23.2 Å². The smallest absolute Gasteiger partial charge is 0.236 e. The molecule has 2 unspecified atom stereocenters. The standard InChI is InChI=1S/C6H14N2O3S/c1-4(2)5(6(7)9)8(3)12(10)11/h4-5H,1-3H3,(H2,7,9)(H,10,11). The van der Waals surface area contributed by atoms with Gasteiger partial charge in [0.25, 0.3) is 0 Å². The van der Waals surface area contributed by atoms with Crippen molar-refractivity contribution in [1.82, 2.24) is 4.31 Å². The fourth-order valence-electron chi connectivity index (χ4n) is 1.02. The Balaban J connectivity index is 4.51. The molecule has 0 radical (unpaired) electrons. The van der Waals surface area contributed by atoms with E-state index in [1.807, 2.05) is 0 Å². The largest absolute Gasteiger partial charge is 0.368 e. The lowest BCUT2D eigenvalue weighted by Gasteiger charge is -2.24. The summed E-state index contributed by atoms with van der Waals surface area (Å²) < 4.78 is 20.3. The predicted octanol–water partition coefficient (Wildman–Crippen LogP) is -0.435. The van der Waals surface area contributed by atoms with Crippen LogP contribution in [0.2, 0.25) is 0 Å². The Morgan fingerprint density at radius 2 is 2.00 bits per heavy atom. The summed E-state index contributed by atoms with van der Waals surface area (Å²) in [4.78, 5) is 10.8. The van der Waals surface area contributed by atoms with Crippen LogP contribution in [-0.2, 0) is 16.1 Å². The molecule has 0 aromatic rings. The summed E-state index contributed by atoms with van der Waals surface area (Å²) in [7, 11) is 1.38. The van der Waals surface area contributed by atoms with Crippen molar-refractivity contribution in [2.75, 3.05) is 7.05 Å². The van der Waals surface area contributed by atoms with Crippen LogP contribution in [0.4, 0.5) is 0 Å². The topological polar surface area (TPSA) is 83.6 Å². The van der Waals surface area contributed by atoms with Gasteiger partial charge in [-0.3, -0.25) is 9.35 Å². The van der Waals surface area contributed by atoms with Crippen molar-refractivity contribution >= 4 is 17.2 Å². The molecule has 0 aromatic carbocycles. The molecule has 5 nitrogen and oxygen atoms in total. The molecule has 2 atom stereocenters. The van der Waals surface area contributed by atoms with E-state index in [9.17, 15) is 9.00 Å². The number of nitrogens with zero attached hydrogens (tertiary/aromatic N) is 1. The average Bonchev–Trinajstić information content (AvgIpc) is 1.85. The summed E-state index contributed by atoms with van der Waals surface area (Å²) in [5.74, 6) is -0.668. The second-order valence-corrected chi connectivity index (χ2v) is 3.91. The Hall–Kier alpha value is -0.460. The van der Waals surface area contributed by atoms with Gasteiger partial charge < -0.3 is 5.73 Å². The summed E-state index contributed by atoms with van der Waals surface area (Å²) in [6.07, 6.45) is 0. The Bertz CT molecular complexity index is 195. The molecular formula is C6H14N2O3S. The molecule has 0 aliphatic heterocycles. The highest BCUT2D eigenvalue weighted by Gasteiger charge is 2.27. The number of rotatable bonds is 4. The van der Waals surface area contributed by atoms with E-state index in [-0.39, 0.29) is 5.92 Å². The molecule has 0 aliphatic carbocycles. The van der Waals surface area contributed by atoms with Crippen molar-refractivity contribution in [3.8, 4) is 0 Å². The third kappa shape index (κ3) is 2.88. The maximum atomic E-state index is 10.8. The van der Waals surface area contributed by atoms with Crippen molar-refractivity contribution in [3.05, 3.63) is 0 Å². The lowest BCUT2D eigenvalue weighted by Crippen LogP contribution is -2.46. The predicted molar refractivity (Wildman–Crippen MR) is 46.4 cm³/mol. The zero-order valence-electron chi connectivity index (χ0n) is 7.35. The Kier molecular flexibility index (Phi) is 4.36. The molecule has 0 saturated heterocycles. The Labute approximate surface area is 74.3 Å². The molecule has 0 fully saturated rings. The molecule has 0 aromatic heterocycles. The van der Waals surface area contributed by atoms with Gasteiger partial charge in [-0.1, -0.05) is 13.8 Å². The number of nitrogens with two attached hydrogens (primary N) is 1. The lowest BCUT2D eigenvalue weighted by molar-refractivity contribution is -0.122. The molecule has 0 heterocycles. The van der Waals surface area contributed by atoms with Gasteiger partial charge in [0, 0.05) is 7.05 Å². The minimum atomic E-state index is -2.15. The van der Waals surface area contributed by atoms with Gasteiger partial charge in [0.2, 0.25) is 17.2 Å². The average molecular weight is 194 g/mol. The maximum Gasteiger partial charge on any atom is 0.236 e. The highest BCUT2D eigenvalue weighted by molar-refractivity contribution is 7.76. The van der Waals surface area contributed by atoms with Gasteiger partial charge in [0.1, 0.15) is 6.04 Å². The Morgan fingerprint density at radius 3 is 2.08 bits per heavy atom. The summed E-state index contributed by atoms with van der Waals surface area (Å²) in [6, 6.07) is -0.698. The quantitative estimate of drug-likeness (QED) is 0.595. The van der Waals surface area contributed by atoms with Crippen molar-refractivity contribution in [3.63, 3.8) is 0 Å². The molecule has 0 rings (SSSR count). The first-order valence-electron chi connectivity index (χ1n) is 3.51. The van der Waals surface area contributed by atoms with E-state index in [1.54, 1.807) is 13.8 Å². The molecule has 0 aliphatic rings. The van der Waals surface area contributed by atoms with E-state index in [4.69, 9.17) is 10.3 Å². The minimum absolute atomic E-state index is 0.0800. The van der Waals surface area contributed by atoms with Crippen LogP contribution in [-0.4, -0.2) is 32.1 Å². The van der Waals surface area contributed by atoms with Crippen LogP contribution in [0, 0.1) is 5.92 Å². The molecule has 12 heavy (non-hydrogen) atoms. The first-order valence-corrected chi connectivity index (χ1v) is 4.57. The highest BCUT2D eigenvalue weighted by atomic mass is 32.2. The minimum Gasteiger partial charge on any atom is -0.368 e. The fraction of sp³-hybridized carbons (Fsp3) is 0.833. The summed E-state index contributed by atoms with van der Waals surface area (Å²) in [5, 5.41) is 0. The second kappa shape index (κ2) is 4.54. The van der Waals surface area contributed by atoms with E-state index >= 15 is 0 Å². The zero-order valence-corrected chi connectivity index (χ0v) is 8.17. The fourth-order valence-corrected chi connectivity index (χ4v) is 1.57. The van der Waals surface area contributed by atoms with Crippen LogP contribution in [0.5, 0.6) is 0 Å². The monoisotopic (exact) mass is 194 g/mol. The SMILES string of the molecule is CC(C)C(C(N)=O)N(C)S(=O)O. The molecule has 72 valence electrons. The number of hydrogen-bond donors (Lipinski definition) is 2. The molecule has 0 saturated carbocycles. The van der Waals surface area contributed by atoms with Crippen molar-refractivity contribution in [1.29, 1.82) is 0 Å². The van der Waals surface area contributed by atoms with Crippen LogP contribution in [0.25, 0.3) is 0 Å². The van der Waals surface area contributed by atoms with Gasteiger partial charge in [0.15, 0.2) is 0 Å². The first kappa shape index (κ1) is 11.5. The van der Waals surface area contributed by atoms with Crippen molar-refractivity contribution < 1.29 is 13.6 Å². The van der Waals surface area contributed by atoms with Crippen LogP contribution < -0.4 is 5.73 Å². The van der Waals surface area contributed by atoms with Gasteiger partial charge in [-0.15, -0.1) is 0 Å². The van der Waals surface area contributed by atoms with E-state index in [1.165, 1.54) is 7.05 Å². The summed E-state index contributed by atoms with van der Waals surface area (Å²) >= 11 is -2.15. The third-order valence-corrected chi connectivity index (χ3v) is 2.28. The highest BCUT2D eigenvalue weighted by Crippen LogP contribution is 2.09. The second-order valence-electron chi connectivity index (χ2n) is 2.87. The number of amides is 1. The van der Waals surface area contributed by atoms with Crippen molar-refractivity contribution in [2.24, 2.45) is 11.7 Å². The van der Waals surface area contributed by atoms with E-state index in [0.717, 1.165) is 4.31 Å². The normalized spacial score (nSPS) is 16.5. The Morgan fingerprint density at radius 1 is 1.58 bits per heavy atom. The van der Waals surface area contributed by atoms with E-state index in [0.29, 0.717) is 0 Å². The number of likely N-dealkylation sites (N-methyl/N-ethyl adjacent to an activating group) is 1. The summed E-state index contributed by atoms with van der Waals surface area (Å²) in [6.45, 7) is 3.53. The van der Waals surface area contributed by atoms with Gasteiger partial charge in [-0.2, -0.15) is 4.31 Å². The van der Waals surface area contributed by atoms with E-state index in [2.05, 4.69) is 0 Å². The van der Waals surface area contributed by atoms with Crippen molar-refractivity contribution in [2.45, 2.75) is 19.9 Å². The van der Waals surface area contributed by atoms with Crippen LogP contribution in [0.15, 0.2) is 0 Å². The van der Waals surface area contributed by atoms with Gasteiger partial charge in [-0.05, 0) is 5.92 Å².